The van der Waals surface area contributed by atoms with Crippen LogP contribution in [0.3, 0.4) is 0 Å². The van der Waals surface area contributed by atoms with Crippen molar-refractivity contribution < 1.29 is 20.1 Å². The van der Waals surface area contributed by atoms with Crippen LogP contribution in [0.4, 0.5) is 0 Å². The quantitative estimate of drug-likeness (QED) is 0.379. The van der Waals surface area contributed by atoms with Crippen molar-refractivity contribution >= 4 is 16.8 Å². The van der Waals surface area contributed by atoms with Crippen molar-refractivity contribution in [3.63, 3.8) is 0 Å². The number of aliphatic imine (C=N–C) groups is 1. The Bertz CT molecular complexity index is 787. The Hall–Kier alpha value is -2.16. The van der Waals surface area contributed by atoms with Gasteiger partial charge in [0.05, 0.1) is 24.9 Å². The number of nitrogens with zero attached hydrogens (tertiary/aromatic N) is 1. The Balaban J connectivity index is 2.03. The number of hydrogen-bond acceptors (Lipinski definition) is 7. The Morgan fingerprint density at radius 2 is 1.68 bits per heavy atom. The SMILES string of the molecule is C=CSC(=NC)c1ccc(Oc2ccc(C(O)CC(N)(CO)CO)cc2)cc1. The van der Waals surface area contributed by atoms with Crippen LogP contribution in [0.2, 0.25) is 0 Å². The summed E-state index contributed by atoms with van der Waals surface area (Å²) in [5, 5.41) is 31.4. The van der Waals surface area contributed by atoms with E-state index in [2.05, 4.69) is 11.6 Å². The average molecular weight is 403 g/mol. The largest absolute Gasteiger partial charge is 0.457 e. The van der Waals surface area contributed by atoms with Crippen LogP contribution < -0.4 is 10.5 Å². The smallest absolute Gasteiger partial charge is 0.127 e. The highest BCUT2D eigenvalue weighted by Crippen LogP contribution is 2.27. The van der Waals surface area contributed by atoms with Crippen LogP contribution in [0.25, 0.3) is 0 Å². The predicted octanol–water partition coefficient (Wildman–Crippen LogP) is 2.84. The maximum atomic E-state index is 10.3. The molecular weight excluding hydrogens is 376 g/mol. The van der Waals surface area contributed by atoms with Crippen LogP contribution in [-0.4, -0.2) is 46.2 Å². The summed E-state index contributed by atoms with van der Waals surface area (Å²) in [6, 6.07) is 14.5. The molecule has 0 aliphatic rings. The van der Waals surface area contributed by atoms with Crippen molar-refractivity contribution in [1.82, 2.24) is 0 Å². The molecule has 5 N–H and O–H groups in total. The van der Waals surface area contributed by atoms with E-state index in [1.807, 2.05) is 24.3 Å². The third-order valence-electron chi connectivity index (χ3n) is 4.23. The summed E-state index contributed by atoms with van der Waals surface area (Å²) in [6.45, 7) is 2.89. The highest BCUT2D eigenvalue weighted by molar-refractivity contribution is 8.16. The van der Waals surface area contributed by atoms with E-state index in [9.17, 15) is 15.3 Å². The molecule has 150 valence electrons. The molecule has 0 spiro atoms. The van der Waals surface area contributed by atoms with Gasteiger partial charge in [-0.25, -0.2) is 0 Å². The Kier molecular flexibility index (Phi) is 8.22. The highest BCUT2D eigenvalue weighted by Gasteiger charge is 2.27. The number of rotatable bonds is 9. The van der Waals surface area contributed by atoms with Crippen LogP contribution in [0.15, 0.2) is 65.5 Å². The molecule has 0 aliphatic carbocycles. The van der Waals surface area contributed by atoms with Gasteiger partial charge >= 0.3 is 0 Å². The summed E-state index contributed by atoms with van der Waals surface area (Å²) in [7, 11) is 1.74. The number of ether oxygens (including phenoxy) is 1. The van der Waals surface area contributed by atoms with Crippen molar-refractivity contribution in [2.75, 3.05) is 20.3 Å². The molecule has 0 saturated heterocycles. The summed E-state index contributed by atoms with van der Waals surface area (Å²) < 4.78 is 5.83. The minimum Gasteiger partial charge on any atom is -0.457 e. The molecule has 0 aromatic heterocycles. The molecule has 0 amide bonds. The summed E-state index contributed by atoms with van der Waals surface area (Å²) in [6.07, 6.45) is -0.849. The van der Waals surface area contributed by atoms with E-state index in [0.717, 1.165) is 10.6 Å². The van der Waals surface area contributed by atoms with Crippen LogP contribution in [0, 0.1) is 0 Å². The number of benzene rings is 2. The molecule has 0 fully saturated rings. The lowest BCUT2D eigenvalue weighted by atomic mass is 9.92. The molecular formula is C21H26N2O4S. The minimum atomic E-state index is -1.22. The molecule has 7 heteroatoms. The van der Waals surface area contributed by atoms with E-state index in [4.69, 9.17) is 10.5 Å². The zero-order valence-corrected chi connectivity index (χ0v) is 16.6. The Labute approximate surface area is 169 Å². The van der Waals surface area contributed by atoms with Gasteiger partial charge in [-0.2, -0.15) is 0 Å². The van der Waals surface area contributed by atoms with Gasteiger partial charge in [0.25, 0.3) is 0 Å². The Morgan fingerprint density at radius 3 is 2.14 bits per heavy atom. The van der Waals surface area contributed by atoms with Gasteiger partial charge in [0.2, 0.25) is 0 Å². The first kappa shape index (κ1) is 22.1. The van der Waals surface area contributed by atoms with Gasteiger partial charge in [0.15, 0.2) is 0 Å². The van der Waals surface area contributed by atoms with E-state index >= 15 is 0 Å². The first-order valence-electron chi connectivity index (χ1n) is 8.76. The second kappa shape index (κ2) is 10.4. The van der Waals surface area contributed by atoms with Crippen LogP contribution in [0.5, 0.6) is 11.5 Å². The first-order chi connectivity index (χ1) is 13.4. The number of thioether (sulfide) groups is 1. The molecule has 0 aliphatic heterocycles. The molecule has 0 radical (unpaired) electrons. The number of nitrogens with two attached hydrogens (primary N) is 1. The van der Waals surface area contributed by atoms with E-state index in [0.29, 0.717) is 17.1 Å². The number of aliphatic hydroxyl groups excluding tert-OH is 3. The molecule has 2 aromatic carbocycles. The van der Waals surface area contributed by atoms with Gasteiger partial charge < -0.3 is 25.8 Å². The normalized spacial score (nSPS) is 13.2. The summed E-state index contributed by atoms with van der Waals surface area (Å²) in [5.74, 6) is 1.30. The van der Waals surface area contributed by atoms with Crippen molar-refractivity contribution in [2.45, 2.75) is 18.1 Å². The second-order valence-electron chi connectivity index (χ2n) is 6.41. The molecule has 2 aromatic rings. The maximum Gasteiger partial charge on any atom is 0.127 e. The minimum absolute atomic E-state index is 0.0473. The zero-order valence-electron chi connectivity index (χ0n) is 15.8. The molecule has 0 bridgehead atoms. The number of hydrogen-bond donors (Lipinski definition) is 4. The van der Waals surface area contributed by atoms with Crippen LogP contribution >= 0.6 is 11.8 Å². The van der Waals surface area contributed by atoms with Crippen molar-refractivity contribution in [3.05, 3.63) is 71.6 Å². The molecule has 28 heavy (non-hydrogen) atoms. The standard InChI is InChI=1S/C21H26N2O4S/c1-3-28-20(23-2)16-6-10-18(11-7-16)27-17-8-4-15(5-9-17)19(26)12-21(22,13-24)14-25/h3-11,19,24-26H,1,12-14,22H2,2H3. The monoisotopic (exact) mass is 402 g/mol. The van der Waals surface area contributed by atoms with Crippen LogP contribution in [0.1, 0.15) is 23.7 Å². The molecule has 0 heterocycles. The van der Waals surface area contributed by atoms with Crippen molar-refractivity contribution in [3.8, 4) is 11.5 Å². The predicted molar refractivity (Wildman–Crippen MR) is 114 cm³/mol. The van der Waals surface area contributed by atoms with Gasteiger partial charge in [0.1, 0.15) is 16.5 Å². The van der Waals surface area contributed by atoms with E-state index in [1.165, 1.54) is 11.8 Å². The second-order valence-corrected chi connectivity index (χ2v) is 7.36. The lowest BCUT2D eigenvalue weighted by Crippen LogP contribution is -2.48. The highest BCUT2D eigenvalue weighted by atomic mass is 32.2. The van der Waals surface area contributed by atoms with Gasteiger partial charge in [-0.3, -0.25) is 4.99 Å². The van der Waals surface area contributed by atoms with E-state index in [1.54, 1.807) is 36.7 Å². The molecule has 1 atom stereocenters. The van der Waals surface area contributed by atoms with Gasteiger partial charge in [-0.15, -0.1) is 0 Å². The Morgan fingerprint density at radius 1 is 1.14 bits per heavy atom. The van der Waals surface area contributed by atoms with Gasteiger partial charge in [-0.1, -0.05) is 30.5 Å². The number of aliphatic hydroxyl groups is 3. The fraction of sp³-hybridized carbons (Fsp3) is 0.286. The third kappa shape index (κ3) is 5.92. The molecule has 1 unspecified atom stereocenters. The molecule has 6 nitrogen and oxygen atoms in total. The first-order valence-corrected chi connectivity index (χ1v) is 9.64. The molecule has 2 rings (SSSR count). The summed E-state index contributed by atoms with van der Waals surface area (Å²) >= 11 is 1.46. The fourth-order valence-corrected chi connectivity index (χ4v) is 3.11. The molecule has 0 saturated carbocycles. The summed E-state index contributed by atoms with van der Waals surface area (Å²) in [4.78, 5) is 4.23. The average Bonchev–Trinajstić information content (AvgIpc) is 2.73. The lowest BCUT2D eigenvalue weighted by molar-refractivity contribution is 0.0618. The third-order valence-corrected chi connectivity index (χ3v) is 5.04. The van der Waals surface area contributed by atoms with E-state index < -0.39 is 24.9 Å². The lowest BCUT2D eigenvalue weighted by Gasteiger charge is -2.27. The van der Waals surface area contributed by atoms with Gasteiger partial charge in [-0.05, 0) is 53.8 Å². The van der Waals surface area contributed by atoms with Crippen molar-refractivity contribution in [2.24, 2.45) is 10.7 Å². The topological polar surface area (TPSA) is 108 Å². The van der Waals surface area contributed by atoms with Crippen LogP contribution in [-0.2, 0) is 0 Å². The van der Waals surface area contributed by atoms with E-state index in [-0.39, 0.29) is 6.42 Å². The van der Waals surface area contributed by atoms with Crippen molar-refractivity contribution in [1.29, 1.82) is 0 Å². The van der Waals surface area contributed by atoms with Gasteiger partial charge in [0, 0.05) is 12.6 Å². The maximum absolute atomic E-state index is 10.3. The zero-order chi connectivity index (χ0) is 20.6. The summed E-state index contributed by atoms with van der Waals surface area (Å²) in [5.41, 5.74) is 6.22. The fourth-order valence-electron chi connectivity index (χ4n) is 2.57.